The highest BCUT2D eigenvalue weighted by atomic mass is 16.5. The molecule has 2 fully saturated rings. The molecule has 110 valence electrons. The second-order valence-electron chi connectivity index (χ2n) is 5.80. The number of ether oxygens (including phenoxy) is 2. The number of anilines is 2. The molecule has 1 heterocycles. The minimum absolute atomic E-state index is 0.269. The molecule has 2 aliphatic rings. The molecule has 1 aromatic rings. The molecule has 5 heteroatoms. The minimum Gasteiger partial charge on any atom is -0.476 e. The number of nitrogens with zero attached hydrogens (tertiary/aromatic N) is 1. The monoisotopic (exact) mass is 277 g/mol. The van der Waals surface area contributed by atoms with E-state index in [0.29, 0.717) is 23.5 Å². The summed E-state index contributed by atoms with van der Waals surface area (Å²) in [7, 11) is 1.77. The maximum Gasteiger partial charge on any atom is 0.239 e. The SMILES string of the molecule is COC1CCCC1Nc1ccc(N)c(OCC2CC2)n1. The standard InChI is InChI=1S/C15H23N3O2/c1-19-13-4-2-3-12(13)17-14-8-7-11(16)15(18-14)20-9-10-5-6-10/h7-8,10,12-13H,2-6,9,16H2,1H3,(H,17,18). The van der Waals surface area contributed by atoms with Crippen molar-refractivity contribution in [3.8, 4) is 5.88 Å². The van der Waals surface area contributed by atoms with Gasteiger partial charge in [-0.1, -0.05) is 0 Å². The highest BCUT2D eigenvalue weighted by Gasteiger charge is 2.27. The van der Waals surface area contributed by atoms with Crippen LogP contribution >= 0.6 is 0 Å². The zero-order valence-corrected chi connectivity index (χ0v) is 12.0. The zero-order valence-electron chi connectivity index (χ0n) is 12.0. The van der Waals surface area contributed by atoms with Gasteiger partial charge in [0.05, 0.1) is 24.4 Å². The number of pyridine rings is 1. The molecule has 2 aliphatic carbocycles. The Morgan fingerprint density at radius 1 is 1.30 bits per heavy atom. The van der Waals surface area contributed by atoms with Gasteiger partial charge in [-0.25, -0.2) is 0 Å². The van der Waals surface area contributed by atoms with Gasteiger partial charge < -0.3 is 20.5 Å². The van der Waals surface area contributed by atoms with E-state index in [9.17, 15) is 0 Å². The van der Waals surface area contributed by atoms with E-state index in [2.05, 4.69) is 10.3 Å². The van der Waals surface area contributed by atoms with Crippen molar-refractivity contribution in [1.82, 2.24) is 4.98 Å². The summed E-state index contributed by atoms with van der Waals surface area (Å²) in [5.41, 5.74) is 6.52. The molecule has 3 rings (SSSR count). The van der Waals surface area contributed by atoms with E-state index >= 15 is 0 Å². The third kappa shape index (κ3) is 3.15. The smallest absolute Gasteiger partial charge is 0.239 e. The molecule has 1 aromatic heterocycles. The maximum atomic E-state index is 5.92. The fourth-order valence-corrected chi connectivity index (χ4v) is 2.69. The summed E-state index contributed by atoms with van der Waals surface area (Å²) < 4.78 is 11.2. The van der Waals surface area contributed by atoms with Gasteiger partial charge in [-0.2, -0.15) is 4.98 Å². The molecule has 3 N–H and O–H groups in total. The fourth-order valence-electron chi connectivity index (χ4n) is 2.69. The van der Waals surface area contributed by atoms with Crippen molar-refractivity contribution in [1.29, 1.82) is 0 Å². The Hall–Kier alpha value is -1.49. The summed E-state index contributed by atoms with van der Waals surface area (Å²) in [6.45, 7) is 0.727. The van der Waals surface area contributed by atoms with Crippen molar-refractivity contribution in [2.75, 3.05) is 24.8 Å². The van der Waals surface area contributed by atoms with Crippen LogP contribution < -0.4 is 15.8 Å². The predicted molar refractivity (Wildman–Crippen MR) is 78.9 cm³/mol. The molecule has 2 unspecified atom stereocenters. The highest BCUT2D eigenvalue weighted by Crippen LogP contribution is 2.31. The third-order valence-corrected chi connectivity index (χ3v) is 4.13. The van der Waals surface area contributed by atoms with Crippen molar-refractivity contribution >= 4 is 11.5 Å². The lowest BCUT2D eigenvalue weighted by Crippen LogP contribution is -2.30. The number of aromatic nitrogens is 1. The zero-order chi connectivity index (χ0) is 13.9. The van der Waals surface area contributed by atoms with Gasteiger partial charge in [-0.15, -0.1) is 0 Å². The predicted octanol–water partition coefficient (Wildman–Crippen LogP) is 2.43. The molecule has 0 spiro atoms. The van der Waals surface area contributed by atoms with E-state index in [1.165, 1.54) is 19.3 Å². The molecule has 5 nitrogen and oxygen atoms in total. The molecule has 0 aliphatic heterocycles. The largest absolute Gasteiger partial charge is 0.476 e. The van der Waals surface area contributed by atoms with Crippen LogP contribution in [0.5, 0.6) is 5.88 Å². The molecule has 0 amide bonds. The van der Waals surface area contributed by atoms with E-state index in [0.717, 1.165) is 25.3 Å². The van der Waals surface area contributed by atoms with Gasteiger partial charge in [0.25, 0.3) is 0 Å². The molecule has 20 heavy (non-hydrogen) atoms. The van der Waals surface area contributed by atoms with Crippen LogP contribution in [0.1, 0.15) is 32.1 Å². The van der Waals surface area contributed by atoms with Crippen LogP contribution in [0.4, 0.5) is 11.5 Å². The molecule has 2 saturated carbocycles. The van der Waals surface area contributed by atoms with E-state index in [4.69, 9.17) is 15.2 Å². The lowest BCUT2D eigenvalue weighted by Gasteiger charge is -2.20. The third-order valence-electron chi connectivity index (χ3n) is 4.13. The number of nitrogens with one attached hydrogen (secondary N) is 1. The van der Waals surface area contributed by atoms with Gasteiger partial charge in [0, 0.05) is 7.11 Å². The minimum atomic E-state index is 0.269. The second-order valence-corrected chi connectivity index (χ2v) is 5.80. The quantitative estimate of drug-likeness (QED) is 0.835. The Morgan fingerprint density at radius 3 is 2.90 bits per heavy atom. The van der Waals surface area contributed by atoms with Crippen LogP contribution in [-0.4, -0.2) is 30.8 Å². The second kappa shape index (κ2) is 5.87. The van der Waals surface area contributed by atoms with Gasteiger partial charge in [0.2, 0.25) is 5.88 Å². The number of hydrogen-bond donors (Lipinski definition) is 2. The molecular weight excluding hydrogens is 254 g/mol. The summed E-state index contributed by atoms with van der Waals surface area (Å²) in [6.07, 6.45) is 6.20. The number of nitrogens with two attached hydrogens (primary N) is 1. The Bertz CT molecular complexity index is 462. The number of hydrogen-bond acceptors (Lipinski definition) is 5. The Labute approximate surface area is 119 Å². The van der Waals surface area contributed by atoms with Gasteiger partial charge in [-0.3, -0.25) is 0 Å². The first-order chi connectivity index (χ1) is 9.76. The van der Waals surface area contributed by atoms with Crippen molar-refractivity contribution in [2.24, 2.45) is 5.92 Å². The Balaban J connectivity index is 1.64. The van der Waals surface area contributed by atoms with Crippen molar-refractivity contribution in [3.63, 3.8) is 0 Å². The van der Waals surface area contributed by atoms with Crippen LogP contribution in [-0.2, 0) is 4.74 Å². The van der Waals surface area contributed by atoms with E-state index in [-0.39, 0.29) is 6.10 Å². The summed E-state index contributed by atoms with van der Waals surface area (Å²) >= 11 is 0. The highest BCUT2D eigenvalue weighted by molar-refractivity contribution is 5.54. The van der Waals surface area contributed by atoms with Crippen LogP contribution in [0.25, 0.3) is 0 Å². The average molecular weight is 277 g/mol. The first-order valence-electron chi connectivity index (χ1n) is 7.45. The molecule has 0 bridgehead atoms. The molecule has 2 atom stereocenters. The van der Waals surface area contributed by atoms with Gasteiger partial charge >= 0.3 is 0 Å². The summed E-state index contributed by atoms with van der Waals surface area (Å²) in [5.74, 6) is 2.06. The van der Waals surface area contributed by atoms with Gasteiger partial charge in [0.15, 0.2) is 0 Å². The Kier molecular flexibility index (Phi) is 3.96. The fraction of sp³-hybridized carbons (Fsp3) is 0.667. The molecular formula is C15H23N3O2. The summed E-state index contributed by atoms with van der Waals surface area (Å²) in [4.78, 5) is 4.49. The maximum absolute atomic E-state index is 5.92. The normalized spacial score (nSPS) is 25.6. The lowest BCUT2D eigenvalue weighted by molar-refractivity contribution is 0.101. The number of rotatable bonds is 6. The molecule has 0 saturated heterocycles. The summed E-state index contributed by atoms with van der Waals surface area (Å²) in [5, 5.41) is 3.44. The van der Waals surface area contributed by atoms with Crippen LogP contribution in [0.15, 0.2) is 12.1 Å². The van der Waals surface area contributed by atoms with Crippen LogP contribution in [0, 0.1) is 5.92 Å². The number of nitrogen functional groups attached to an aromatic ring is 1. The van der Waals surface area contributed by atoms with Gasteiger partial charge in [0.1, 0.15) is 5.82 Å². The summed E-state index contributed by atoms with van der Waals surface area (Å²) in [6, 6.07) is 4.09. The topological polar surface area (TPSA) is 69.4 Å². The molecule has 0 radical (unpaired) electrons. The first-order valence-corrected chi connectivity index (χ1v) is 7.45. The lowest BCUT2D eigenvalue weighted by atomic mass is 10.2. The van der Waals surface area contributed by atoms with Gasteiger partial charge in [-0.05, 0) is 50.2 Å². The Morgan fingerprint density at radius 2 is 2.15 bits per heavy atom. The van der Waals surface area contributed by atoms with E-state index in [1.807, 2.05) is 12.1 Å². The van der Waals surface area contributed by atoms with Crippen LogP contribution in [0.3, 0.4) is 0 Å². The van der Waals surface area contributed by atoms with E-state index < -0.39 is 0 Å². The number of methoxy groups -OCH3 is 1. The van der Waals surface area contributed by atoms with Crippen molar-refractivity contribution in [3.05, 3.63) is 12.1 Å². The molecule has 0 aromatic carbocycles. The van der Waals surface area contributed by atoms with E-state index in [1.54, 1.807) is 7.11 Å². The van der Waals surface area contributed by atoms with Crippen molar-refractivity contribution in [2.45, 2.75) is 44.2 Å². The van der Waals surface area contributed by atoms with Crippen molar-refractivity contribution < 1.29 is 9.47 Å². The average Bonchev–Trinajstić information content (AvgIpc) is 3.18. The van der Waals surface area contributed by atoms with Crippen LogP contribution in [0.2, 0.25) is 0 Å². The first kappa shape index (κ1) is 13.5.